The van der Waals surface area contributed by atoms with E-state index < -0.39 is 6.04 Å². The number of nitrogens with zero attached hydrogens (tertiary/aromatic N) is 1. The molecule has 8 heteroatoms. The lowest BCUT2D eigenvalue weighted by molar-refractivity contribution is -0.124. The van der Waals surface area contributed by atoms with Crippen molar-refractivity contribution in [3.05, 3.63) is 57.8 Å². The van der Waals surface area contributed by atoms with Crippen molar-refractivity contribution in [2.45, 2.75) is 25.8 Å². The first-order valence-corrected chi connectivity index (χ1v) is 11.3. The molecular formula is C23H29N3O4S. The van der Waals surface area contributed by atoms with Gasteiger partial charge in [0.15, 0.2) is 0 Å². The van der Waals surface area contributed by atoms with Crippen molar-refractivity contribution in [1.82, 2.24) is 15.5 Å². The Hall–Kier alpha value is -2.71. The van der Waals surface area contributed by atoms with Crippen molar-refractivity contribution < 1.29 is 19.1 Å². The fourth-order valence-electron chi connectivity index (χ4n) is 3.82. The number of methoxy groups -OCH3 is 1. The Balaban J connectivity index is 1.65. The first-order valence-electron chi connectivity index (χ1n) is 10.5. The van der Waals surface area contributed by atoms with E-state index in [0.717, 1.165) is 5.56 Å². The standard InChI is InChI=1S/C23H29N3O4S/c1-16-6-3-4-7-18(16)23(29)26-12-9-17(10-13-26)20(22(28)24-11-14-30-2)25-21(27)19-8-5-15-31-19/h3-8,15,17,20H,9-14H2,1-2H3,(H,24,28)(H,25,27). The maximum absolute atomic E-state index is 12.9. The Morgan fingerprint density at radius 1 is 1.16 bits per heavy atom. The Kier molecular flexibility index (Phi) is 8.20. The highest BCUT2D eigenvalue weighted by molar-refractivity contribution is 7.12. The molecular weight excluding hydrogens is 414 g/mol. The Morgan fingerprint density at radius 3 is 2.55 bits per heavy atom. The number of aryl methyl sites for hydroxylation is 1. The van der Waals surface area contributed by atoms with E-state index in [1.54, 1.807) is 13.2 Å². The molecule has 1 atom stereocenters. The van der Waals surface area contributed by atoms with Gasteiger partial charge >= 0.3 is 0 Å². The molecule has 0 radical (unpaired) electrons. The monoisotopic (exact) mass is 443 g/mol. The van der Waals surface area contributed by atoms with E-state index in [0.29, 0.717) is 49.5 Å². The number of hydrogen-bond donors (Lipinski definition) is 2. The minimum absolute atomic E-state index is 0.0141. The van der Waals surface area contributed by atoms with Crippen LogP contribution in [-0.4, -0.2) is 62.0 Å². The highest BCUT2D eigenvalue weighted by Gasteiger charge is 2.34. The molecule has 1 unspecified atom stereocenters. The Morgan fingerprint density at radius 2 is 1.90 bits per heavy atom. The van der Waals surface area contributed by atoms with Crippen LogP contribution >= 0.6 is 11.3 Å². The summed E-state index contributed by atoms with van der Waals surface area (Å²) in [6.45, 7) is 3.82. The van der Waals surface area contributed by atoms with E-state index in [9.17, 15) is 14.4 Å². The summed E-state index contributed by atoms with van der Waals surface area (Å²) in [4.78, 5) is 40.8. The van der Waals surface area contributed by atoms with Crippen molar-refractivity contribution >= 4 is 29.1 Å². The van der Waals surface area contributed by atoms with Crippen LogP contribution in [0.1, 0.15) is 38.4 Å². The van der Waals surface area contributed by atoms with Gasteiger partial charge in [-0.3, -0.25) is 14.4 Å². The summed E-state index contributed by atoms with van der Waals surface area (Å²) in [5, 5.41) is 7.59. The van der Waals surface area contributed by atoms with E-state index in [1.807, 2.05) is 47.5 Å². The lowest BCUT2D eigenvalue weighted by atomic mass is 9.88. The second-order valence-electron chi connectivity index (χ2n) is 7.66. The highest BCUT2D eigenvalue weighted by atomic mass is 32.1. The van der Waals surface area contributed by atoms with Gasteiger partial charge in [-0.2, -0.15) is 0 Å². The molecule has 0 bridgehead atoms. The molecule has 31 heavy (non-hydrogen) atoms. The van der Waals surface area contributed by atoms with Crippen LogP contribution in [0.5, 0.6) is 0 Å². The van der Waals surface area contributed by atoms with Crippen molar-refractivity contribution in [1.29, 1.82) is 0 Å². The van der Waals surface area contributed by atoms with Gasteiger partial charge in [-0.15, -0.1) is 11.3 Å². The van der Waals surface area contributed by atoms with Crippen LogP contribution in [0.4, 0.5) is 0 Å². The van der Waals surface area contributed by atoms with E-state index in [1.165, 1.54) is 11.3 Å². The lowest BCUT2D eigenvalue weighted by Gasteiger charge is -2.36. The summed E-state index contributed by atoms with van der Waals surface area (Å²) in [6, 6.07) is 10.5. The summed E-state index contributed by atoms with van der Waals surface area (Å²) in [7, 11) is 1.57. The first-order chi connectivity index (χ1) is 15.0. The molecule has 1 aromatic heterocycles. The van der Waals surface area contributed by atoms with Gasteiger partial charge in [0, 0.05) is 32.3 Å². The number of amides is 3. The van der Waals surface area contributed by atoms with Gasteiger partial charge in [0.1, 0.15) is 6.04 Å². The lowest BCUT2D eigenvalue weighted by Crippen LogP contribution is -2.54. The number of piperidine rings is 1. The third-order valence-corrected chi connectivity index (χ3v) is 6.46. The van der Waals surface area contributed by atoms with Crippen molar-refractivity contribution in [2.24, 2.45) is 5.92 Å². The second kappa shape index (κ2) is 11.1. The zero-order chi connectivity index (χ0) is 22.2. The van der Waals surface area contributed by atoms with Crippen LogP contribution in [0.3, 0.4) is 0 Å². The summed E-state index contributed by atoms with van der Waals surface area (Å²) in [5.74, 6) is -0.501. The van der Waals surface area contributed by atoms with Gasteiger partial charge in [0.25, 0.3) is 11.8 Å². The number of nitrogens with one attached hydrogen (secondary N) is 2. The molecule has 2 heterocycles. The zero-order valence-corrected chi connectivity index (χ0v) is 18.7. The molecule has 1 fully saturated rings. The largest absolute Gasteiger partial charge is 0.383 e. The zero-order valence-electron chi connectivity index (χ0n) is 17.9. The summed E-state index contributed by atoms with van der Waals surface area (Å²) in [5.41, 5.74) is 1.66. The van der Waals surface area contributed by atoms with E-state index in [-0.39, 0.29) is 23.6 Å². The van der Waals surface area contributed by atoms with Gasteiger partial charge in [-0.1, -0.05) is 24.3 Å². The quantitative estimate of drug-likeness (QED) is 0.614. The predicted molar refractivity (Wildman–Crippen MR) is 120 cm³/mol. The molecule has 2 N–H and O–H groups in total. The van der Waals surface area contributed by atoms with Gasteiger partial charge in [0.05, 0.1) is 11.5 Å². The number of carbonyl (C=O) groups excluding carboxylic acids is 3. The van der Waals surface area contributed by atoms with E-state index in [4.69, 9.17) is 4.74 Å². The molecule has 0 aliphatic carbocycles. The van der Waals surface area contributed by atoms with Crippen LogP contribution in [0.25, 0.3) is 0 Å². The molecule has 0 saturated carbocycles. The fraction of sp³-hybridized carbons (Fsp3) is 0.435. The smallest absolute Gasteiger partial charge is 0.262 e. The van der Waals surface area contributed by atoms with Crippen LogP contribution in [0, 0.1) is 12.8 Å². The maximum Gasteiger partial charge on any atom is 0.262 e. The molecule has 1 saturated heterocycles. The summed E-state index contributed by atoms with van der Waals surface area (Å²) in [6.07, 6.45) is 1.29. The molecule has 166 valence electrons. The number of likely N-dealkylation sites (tertiary alicyclic amines) is 1. The van der Waals surface area contributed by atoms with E-state index in [2.05, 4.69) is 10.6 Å². The molecule has 1 aliphatic rings. The van der Waals surface area contributed by atoms with Gasteiger partial charge in [0.2, 0.25) is 5.91 Å². The molecule has 1 aromatic carbocycles. The van der Waals surface area contributed by atoms with Crippen molar-refractivity contribution in [2.75, 3.05) is 33.4 Å². The Bertz CT molecular complexity index is 892. The maximum atomic E-state index is 12.9. The van der Waals surface area contributed by atoms with Gasteiger partial charge in [-0.05, 0) is 48.8 Å². The summed E-state index contributed by atoms with van der Waals surface area (Å²) >= 11 is 1.34. The van der Waals surface area contributed by atoms with Crippen LogP contribution in [0.15, 0.2) is 41.8 Å². The third-order valence-electron chi connectivity index (χ3n) is 5.59. The number of carbonyl (C=O) groups is 3. The number of thiophene rings is 1. The topological polar surface area (TPSA) is 87.7 Å². The molecule has 0 spiro atoms. The average Bonchev–Trinajstić information content (AvgIpc) is 3.33. The number of ether oxygens (including phenoxy) is 1. The van der Waals surface area contributed by atoms with Crippen LogP contribution < -0.4 is 10.6 Å². The number of rotatable bonds is 8. The number of benzene rings is 1. The van der Waals surface area contributed by atoms with Crippen molar-refractivity contribution in [3.63, 3.8) is 0 Å². The van der Waals surface area contributed by atoms with Crippen molar-refractivity contribution in [3.8, 4) is 0 Å². The second-order valence-corrected chi connectivity index (χ2v) is 8.60. The van der Waals surface area contributed by atoms with Gasteiger partial charge < -0.3 is 20.3 Å². The number of hydrogen-bond acceptors (Lipinski definition) is 5. The molecule has 7 nitrogen and oxygen atoms in total. The van der Waals surface area contributed by atoms with Crippen LogP contribution in [0.2, 0.25) is 0 Å². The van der Waals surface area contributed by atoms with Gasteiger partial charge in [-0.25, -0.2) is 0 Å². The fourth-order valence-corrected chi connectivity index (χ4v) is 4.45. The predicted octanol–water partition coefficient (Wildman–Crippen LogP) is 2.47. The Labute approximate surface area is 186 Å². The van der Waals surface area contributed by atoms with Crippen LogP contribution in [-0.2, 0) is 9.53 Å². The molecule has 3 rings (SSSR count). The minimum atomic E-state index is -0.651. The van der Waals surface area contributed by atoms with E-state index >= 15 is 0 Å². The SMILES string of the molecule is COCCNC(=O)C(NC(=O)c1cccs1)C1CCN(C(=O)c2ccccc2C)CC1. The highest BCUT2D eigenvalue weighted by Crippen LogP contribution is 2.24. The molecule has 2 aromatic rings. The summed E-state index contributed by atoms with van der Waals surface area (Å²) < 4.78 is 5.00. The minimum Gasteiger partial charge on any atom is -0.383 e. The first kappa shape index (κ1) is 23.0. The molecule has 3 amide bonds. The average molecular weight is 444 g/mol. The normalized spacial score (nSPS) is 15.4. The third kappa shape index (κ3) is 5.92. The molecule has 1 aliphatic heterocycles.